The Hall–Kier alpha value is -5.86. The Labute approximate surface area is 328 Å². The van der Waals surface area contributed by atoms with E-state index in [0.29, 0.717) is 22.1 Å². The highest BCUT2D eigenvalue weighted by molar-refractivity contribution is 7.22. The van der Waals surface area contributed by atoms with Crippen LogP contribution in [0.4, 0.5) is 17.2 Å². The van der Waals surface area contributed by atoms with Gasteiger partial charge in [0, 0.05) is 40.9 Å². The summed E-state index contributed by atoms with van der Waals surface area (Å²) in [6, 6.07) is 17.6. The Morgan fingerprint density at radius 1 is 0.982 bits per heavy atom. The summed E-state index contributed by atoms with van der Waals surface area (Å²) in [5.74, 6) is -5.25. The number of nitro groups is 1. The Kier molecular flexibility index (Phi) is 8.05. The highest BCUT2D eigenvalue weighted by Crippen LogP contribution is 2.64. The molecule has 0 radical (unpaired) electrons. The van der Waals surface area contributed by atoms with E-state index in [1.165, 1.54) is 58.4 Å². The topological polar surface area (TPSA) is 165 Å². The molecule has 9 rings (SSSR count). The predicted octanol–water partition coefficient (Wildman–Crippen LogP) is 7.32. The zero-order valence-corrected chi connectivity index (χ0v) is 32.1. The van der Waals surface area contributed by atoms with Crippen molar-refractivity contribution < 1.29 is 33.9 Å². The maximum Gasteiger partial charge on any atom is 0.269 e. The Bertz CT molecular complexity index is 2620. The smallest absolute Gasteiger partial charge is 0.269 e. The molecule has 56 heavy (non-hydrogen) atoms. The van der Waals surface area contributed by atoms with Crippen LogP contribution < -0.4 is 14.5 Å². The van der Waals surface area contributed by atoms with Crippen molar-refractivity contribution in [3.63, 3.8) is 0 Å². The van der Waals surface area contributed by atoms with E-state index in [2.05, 4.69) is 0 Å². The van der Waals surface area contributed by atoms with E-state index in [-0.39, 0.29) is 35.7 Å². The van der Waals surface area contributed by atoms with Gasteiger partial charge in [-0.25, -0.2) is 4.90 Å². The van der Waals surface area contributed by atoms with Gasteiger partial charge in [-0.3, -0.25) is 38.9 Å². The predicted molar refractivity (Wildman–Crippen MR) is 209 cm³/mol. The van der Waals surface area contributed by atoms with Crippen molar-refractivity contribution in [3.8, 4) is 22.1 Å². The van der Waals surface area contributed by atoms with Crippen molar-refractivity contribution in [2.45, 2.75) is 32.6 Å². The number of halogens is 1. The molecule has 6 atom stereocenters. The number of phenols is 1. The fourth-order valence-corrected chi connectivity index (χ4v) is 11.0. The van der Waals surface area contributed by atoms with Crippen LogP contribution in [0, 0.1) is 46.1 Å². The van der Waals surface area contributed by atoms with E-state index < -0.39 is 63.6 Å². The number of benzene rings is 3. The average molecular weight is 792 g/mol. The number of non-ortho nitro benzene ring substituents is 1. The lowest BCUT2D eigenvalue weighted by Gasteiger charge is -2.49. The van der Waals surface area contributed by atoms with Gasteiger partial charge in [0.05, 0.1) is 45.8 Å². The number of carbonyl (C=O) groups is 4. The minimum atomic E-state index is -1.36. The lowest BCUT2D eigenvalue weighted by atomic mass is 9.51. The number of aromatic hydroxyl groups is 1. The molecule has 3 aromatic carbocycles. The first-order chi connectivity index (χ1) is 26.7. The van der Waals surface area contributed by atoms with E-state index in [0.717, 1.165) is 31.0 Å². The summed E-state index contributed by atoms with van der Waals surface area (Å²) in [6.45, 7) is 3.75. The van der Waals surface area contributed by atoms with Crippen LogP contribution in [0.25, 0.3) is 20.7 Å². The summed E-state index contributed by atoms with van der Waals surface area (Å²) in [6.07, 6.45) is 2.25. The molecule has 2 aliphatic carbocycles. The van der Waals surface area contributed by atoms with Gasteiger partial charge >= 0.3 is 0 Å². The first-order valence-electron chi connectivity index (χ1n) is 18.0. The second-order valence-corrected chi connectivity index (χ2v) is 16.6. The van der Waals surface area contributed by atoms with Gasteiger partial charge < -0.3 is 9.84 Å². The summed E-state index contributed by atoms with van der Waals surface area (Å²) in [7, 11) is 3.12. The molecule has 1 saturated carbocycles. The van der Waals surface area contributed by atoms with Crippen LogP contribution in [-0.2, 0) is 26.2 Å². The summed E-state index contributed by atoms with van der Waals surface area (Å²) in [5.41, 5.74) is 1.56. The Morgan fingerprint density at radius 3 is 2.43 bits per heavy atom. The average Bonchev–Trinajstić information content (AvgIpc) is 3.84. The third-order valence-electron chi connectivity index (χ3n) is 12.3. The molecule has 15 heteroatoms. The van der Waals surface area contributed by atoms with Gasteiger partial charge in [0.25, 0.3) is 5.69 Å². The number of allylic oxidation sites excluding steroid dienone is 2. The van der Waals surface area contributed by atoms with Gasteiger partial charge in [-0.2, -0.15) is 5.10 Å². The molecule has 13 nitrogen and oxygen atoms in total. The molecule has 2 aromatic heterocycles. The fourth-order valence-electron chi connectivity index (χ4n) is 9.69. The quantitative estimate of drug-likeness (QED) is 0.0803. The number of hydrogen-bond acceptors (Lipinski definition) is 10. The van der Waals surface area contributed by atoms with Gasteiger partial charge in [-0.15, -0.1) is 11.3 Å². The zero-order valence-electron chi connectivity index (χ0n) is 30.6. The number of methoxy groups -OCH3 is 1. The molecule has 1 N–H and O–H groups in total. The Balaban J connectivity index is 1.14. The van der Waals surface area contributed by atoms with Crippen molar-refractivity contribution in [2.75, 3.05) is 16.9 Å². The van der Waals surface area contributed by atoms with Crippen LogP contribution in [0.2, 0.25) is 5.02 Å². The first-order valence-corrected chi connectivity index (χ1v) is 19.2. The van der Waals surface area contributed by atoms with Gasteiger partial charge in [0.1, 0.15) is 11.5 Å². The fraction of sp³-hybridized carbons (Fsp3) is 0.293. The third kappa shape index (κ3) is 4.94. The summed E-state index contributed by atoms with van der Waals surface area (Å²) < 4.78 is 7.88. The third-order valence-corrected chi connectivity index (χ3v) is 13.9. The lowest BCUT2D eigenvalue weighted by molar-refractivity contribution is -0.384. The first kappa shape index (κ1) is 35.8. The SMILES string of the molecule is COc1ccc([C@H]2C3=CC[C@@H]4C(=O)N(c5ccc([N+](=O)[O-])cc5)C(=O)[C@@H]4[C@@H]3C[C@H]3C(=O)N(c4cc(-c5sc6ccc(Cl)cc6c5C)nn4C)C(=O)[C@@]23C)cc1O. The van der Waals surface area contributed by atoms with Gasteiger partial charge in [0.15, 0.2) is 11.5 Å². The largest absolute Gasteiger partial charge is 0.504 e. The molecule has 5 aromatic rings. The molecule has 284 valence electrons. The number of fused-ring (bicyclic) bond motifs is 5. The molecule has 0 bridgehead atoms. The van der Waals surface area contributed by atoms with E-state index in [1.807, 2.05) is 31.2 Å². The van der Waals surface area contributed by atoms with E-state index in [9.17, 15) is 29.6 Å². The number of aromatic nitrogens is 2. The van der Waals surface area contributed by atoms with Crippen molar-refractivity contribution in [1.82, 2.24) is 9.78 Å². The van der Waals surface area contributed by atoms with Crippen LogP contribution in [0.5, 0.6) is 11.5 Å². The number of phenolic OH excluding ortho intramolecular Hbond substituents is 1. The molecule has 4 aliphatic rings. The van der Waals surface area contributed by atoms with Crippen molar-refractivity contribution in [1.29, 1.82) is 0 Å². The lowest BCUT2D eigenvalue weighted by Crippen LogP contribution is -2.48. The number of nitro benzene ring substituents is 1. The number of aryl methyl sites for hydroxylation is 2. The molecule has 2 aliphatic heterocycles. The maximum atomic E-state index is 15.1. The molecular formula is C41H34ClN5O8S. The number of thiophene rings is 1. The minimum Gasteiger partial charge on any atom is -0.504 e. The van der Waals surface area contributed by atoms with Crippen LogP contribution >= 0.6 is 22.9 Å². The minimum absolute atomic E-state index is 0.122. The second-order valence-electron chi connectivity index (χ2n) is 15.1. The molecular weight excluding hydrogens is 758 g/mol. The molecule has 0 spiro atoms. The molecule has 3 fully saturated rings. The summed E-state index contributed by atoms with van der Waals surface area (Å²) >= 11 is 7.85. The number of hydrogen-bond donors (Lipinski definition) is 1. The van der Waals surface area contributed by atoms with Crippen molar-refractivity contribution in [3.05, 3.63) is 105 Å². The molecule has 2 saturated heterocycles. The zero-order chi connectivity index (χ0) is 39.5. The second kappa shape index (κ2) is 12.6. The number of nitrogens with zero attached hydrogens (tertiary/aromatic N) is 5. The number of ether oxygens (including phenoxy) is 1. The van der Waals surface area contributed by atoms with Crippen LogP contribution in [0.15, 0.2) is 78.4 Å². The maximum absolute atomic E-state index is 15.1. The normalized spacial score (nSPS) is 25.7. The number of anilines is 2. The summed E-state index contributed by atoms with van der Waals surface area (Å²) in [5, 5.41) is 28.7. The van der Waals surface area contributed by atoms with Gasteiger partial charge in [0.2, 0.25) is 23.6 Å². The number of amides is 4. The Morgan fingerprint density at radius 2 is 1.73 bits per heavy atom. The molecule has 4 heterocycles. The van der Waals surface area contributed by atoms with Crippen LogP contribution in [0.1, 0.15) is 36.8 Å². The van der Waals surface area contributed by atoms with Crippen LogP contribution in [-0.4, -0.2) is 50.5 Å². The van der Waals surface area contributed by atoms with Gasteiger partial charge in [-0.1, -0.05) is 29.3 Å². The number of imide groups is 2. The van der Waals surface area contributed by atoms with Crippen molar-refractivity contribution >= 4 is 73.8 Å². The van der Waals surface area contributed by atoms with Crippen LogP contribution in [0.3, 0.4) is 0 Å². The number of rotatable bonds is 6. The van der Waals surface area contributed by atoms with E-state index >= 15 is 4.79 Å². The monoisotopic (exact) mass is 791 g/mol. The highest BCUT2D eigenvalue weighted by atomic mass is 35.5. The molecule has 0 unspecified atom stereocenters. The van der Waals surface area contributed by atoms with E-state index in [4.69, 9.17) is 21.4 Å². The standard InChI is InChI=1S/C41H34ClN5O8S/c1-19-26-16-21(42)6-14-32(26)56-36(19)29-18-33(44(3)43-29)46-38(50)28-17-27-24(35(41(28,2)40(46)52)20-5-13-31(55-4)30(48)15-20)11-12-25-34(27)39(51)45(37(25)49)22-7-9-23(10-8-22)47(53)54/h5-11,13-16,18,25,27-28,34-35,48H,12,17H2,1-4H3/t25-,27+,28-,34-,35-,41+/m0/s1. The molecule has 4 amide bonds. The number of carbonyl (C=O) groups excluding carboxylic acids is 4. The van der Waals surface area contributed by atoms with Gasteiger partial charge in [-0.05, 0) is 91.6 Å². The highest BCUT2D eigenvalue weighted by Gasteiger charge is 2.68. The van der Waals surface area contributed by atoms with Crippen molar-refractivity contribution in [2.24, 2.45) is 36.1 Å². The summed E-state index contributed by atoms with van der Waals surface area (Å²) in [4.78, 5) is 72.3. The van der Waals surface area contributed by atoms with E-state index in [1.54, 1.807) is 32.2 Å².